The van der Waals surface area contributed by atoms with E-state index in [0.717, 1.165) is 9.87 Å². The average molecular weight is 359 g/mol. The van der Waals surface area contributed by atoms with E-state index in [-0.39, 0.29) is 17.2 Å². The maximum Gasteiger partial charge on any atom is 0.265 e. The van der Waals surface area contributed by atoms with Gasteiger partial charge in [0.05, 0.1) is 10.6 Å². The van der Waals surface area contributed by atoms with Gasteiger partial charge in [0.1, 0.15) is 6.04 Å². The SMILES string of the molecule is CC(=O)Nc1ccc(S(=O)(=O)N2c3ccccc3CC2C(N)=O)cc1. The third kappa shape index (κ3) is 3.08. The fourth-order valence-electron chi connectivity index (χ4n) is 2.90. The van der Waals surface area contributed by atoms with E-state index >= 15 is 0 Å². The number of primary amides is 1. The predicted molar refractivity (Wildman–Crippen MR) is 93.5 cm³/mol. The quantitative estimate of drug-likeness (QED) is 0.856. The summed E-state index contributed by atoms with van der Waals surface area (Å²) < 4.78 is 27.2. The van der Waals surface area contributed by atoms with Crippen molar-refractivity contribution in [1.29, 1.82) is 0 Å². The molecule has 1 unspecified atom stereocenters. The molecule has 0 spiro atoms. The monoisotopic (exact) mass is 359 g/mol. The van der Waals surface area contributed by atoms with Crippen LogP contribution in [0, 0.1) is 0 Å². The molecule has 0 aliphatic carbocycles. The van der Waals surface area contributed by atoms with Gasteiger partial charge in [-0.2, -0.15) is 0 Å². The number of hydrogen-bond donors (Lipinski definition) is 2. The summed E-state index contributed by atoms with van der Waals surface area (Å²) in [5.74, 6) is -0.951. The van der Waals surface area contributed by atoms with E-state index in [4.69, 9.17) is 5.73 Å². The number of hydrogen-bond acceptors (Lipinski definition) is 4. The highest BCUT2D eigenvalue weighted by molar-refractivity contribution is 7.93. The van der Waals surface area contributed by atoms with Crippen LogP contribution < -0.4 is 15.4 Å². The summed E-state index contributed by atoms with van der Waals surface area (Å²) in [6.07, 6.45) is 0.245. The minimum Gasteiger partial charge on any atom is -0.368 e. The number of rotatable bonds is 4. The molecule has 3 rings (SSSR count). The Kier molecular flexibility index (Phi) is 4.22. The molecule has 25 heavy (non-hydrogen) atoms. The third-order valence-corrected chi connectivity index (χ3v) is 5.82. The molecule has 130 valence electrons. The van der Waals surface area contributed by atoms with Gasteiger partial charge in [-0.3, -0.25) is 13.9 Å². The number of para-hydroxylation sites is 1. The lowest BCUT2D eigenvalue weighted by atomic mass is 10.1. The van der Waals surface area contributed by atoms with E-state index in [1.807, 2.05) is 0 Å². The van der Waals surface area contributed by atoms with E-state index in [9.17, 15) is 18.0 Å². The molecule has 2 aromatic carbocycles. The molecule has 0 aromatic heterocycles. The van der Waals surface area contributed by atoms with Crippen LogP contribution in [0.15, 0.2) is 53.4 Å². The standard InChI is InChI=1S/C17H17N3O4S/c1-11(21)19-13-6-8-14(9-7-13)25(23,24)20-15-5-3-2-4-12(15)10-16(20)17(18)22/h2-9,16H,10H2,1H3,(H2,18,22)(H,19,21). The van der Waals surface area contributed by atoms with Gasteiger partial charge in [0.25, 0.3) is 10.0 Å². The molecule has 7 nitrogen and oxygen atoms in total. The molecular formula is C17H17N3O4S. The summed E-state index contributed by atoms with van der Waals surface area (Å²) in [5.41, 5.74) is 7.12. The van der Waals surface area contributed by atoms with Crippen molar-refractivity contribution in [3.05, 3.63) is 54.1 Å². The number of anilines is 2. The number of carbonyl (C=O) groups excluding carboxylic acids is 2. The third-order valence-electron chi connectivity index (χ3n) is 3.99. The van der Waals surface area contributed by atoms with Crippen molar-refractivity contribution < 1.29 is 18.0 Å². The van der Waals surface area contributed by atoms with Crippen LogP contribution >= 0.6 is 0 Å². The van der Waals surface area contributed by atoms with Gasteiger partial charge < -0.3 is 11.1 Å². The van der Waals surface area contributed by atoms with Crippen molar-refractivity contribution in [3.8, 4) is 0 Å². The van der Waals surface area contributed by atoms with Crippen molar-refractivity contribution in [2.75, 3.05) is 9.62 Å². The van der Waals surface area contributed by atoms with Crippen LogP contribution in [0.4, 0.5) is 11.4 Å². The summed E-state index contributed by atoms with van der Waals surface area (Å²) in [6, 6.07) is 11.7. The summed E-state index contributed by atoms with van der Waals surface area (Å²) in [7, 11) is -3.97. The number of nitrogens with one attached hydrogen (secondary N) is 1. The fraction of sp³-hybridized carbons (Fsp3) is 0.176. The molecule has 8 heteroatoms. The van der Waals surface area contributed by atoms with E-state index in [2.05, 4.69) is 5.32 Å². The lowest BCUT2D eigenvalue weighted by Gasteiger charge is -2.25. The molecule has 0 saturated carbocycles. The van der Waals surface area contributed by atoms with Gasteiger partial charge in [0, 0.05) is 19.0 Å². The summed E-state index contributed by atoms with van der Waals surface area (Å²) in [5, 5.41) is 2.57. The molecule has 0 bridgehead atoms. The van der Waals surface area contributed by atoms with Crippen molar-refractivity contribution in [1.82, 2.24) is 0 Å². The van der Waals surface area contributed by atoms with Crippen molar-refractivity contribution in [2.24, 2.45) is 5.73 Å². The highest BCUT2D eigenvalue weighted by Crippen LogP contribution is 2.36. The number of amides is 2. The first-order chi connectivity index (χ1) is 11.8. The van der Waals surface area contributed by atoms with Crippen LogP contribution in [-0.2, 0) is 26.0 Å². The van der Waals surface area contributed by atoms with Gasteiger partial charge in [-0.25, -0.2) is 8.42 Å². The number of nitrogens with zero attached hydrogens (tertiary/aromatic N) is 1. The number of carbonyl (C=O) groups is 2. The Bertz CT molecular complexity index is 939. The smallest absolute Gasteiger partial charge is 0.265 e. The van der Waals surface area contributed by atoms with E-state index in [1.54, 1.807) is 24.3 Å². The largest absolute Gasteiger partial charge is 0.368 e. The molecule has 0 fully saturated rings. The maximum absolute atomic E-state index is 13.1. The second kappa shape index (κ2) is 6.21. The molecule has 1 aliphatic rings. The van der Waals surface area contributed by atoms with Gasteiger partial charge in [-0.1, -0.05) is 18.2 Å². The minimum atomic E-state index is -3.97. The minimum absolute atomic E-state index is 0.0181. The average Bonchev–Trinajstić information content (AvgIpc) is 2.95. The number of nitrogens with two attached hydrogens (primary N) is 1. The Labute approximate surface area is 145 Å². The maximum atomic E-state index is 13.1. The molecule has 1 atom stereocenters. The van der Waals surface area contributed by atoms with Crippen LogP contribution in [0.1, 0.15) is 12.5 Å². The highest BCUT2D eigenvalue weighted by atomic mass is 32.2. The topological polar surface area (TPSA) is 110 Å². The first-order valence-corrected chi connectivity index (χ1v) is 9.04. The van der Waals surface area contributed by atoms with Crippen LogP contribution in [-0.4, -0.2) is 26.3 Å². The fourth-order valence-corrected chi connectivity index (χ4v) is 4.56. The number of benzene rings is 2. The van der Waals surface area contributed by atoms with Gasteiger partial charge in [0.2, 0.25) is 11.8 Å². The number of sulfonamides is 1. The molecule has 0 saturated heterocycles. The summed E-state index contributed by atoms with van der Waals surface area (Å²) >= 11 is 0. The zero-order chi connectivity index (χ0) is 18.2. The van der Waals surface area contributed by atoms with Gasteiger partial charge in [0.15, 0.2) is 0 Å². The van der Waals surface area contributed by atoms with E-state index in [1.165, 1.54) is 31.2 Å². The molecule has 1 aliphatic heterocycles. The Balaban J connectivity index is 2.03. The van der Waals surface area contributed by atoms with Crippen LogP contribution in [0.25, 0.3) is 0 Å². The zero-order valence-corrected chi connectivity index (χ0v) is 14.3. The van der Waals surface area contributed by atoms with Crippen molar-refractivity contribution in [2.45, 2.75) is 24.3 Å². The lowest BCUT2D eigenvalue weighted by Crippen LogP contribution is -2.45. The van der Waals surface area contributed by atoms with Gasteiger partial charge in [-0.15, -0.1) is 0 Å². The van der Waals surface area contributed by atoms with Crippen LogP contribution in [0.2, 0.25) is 0 Å². The first-order valence-electron chi connectivity index (χ1n) is 7.60. The van der Waals surface area contributed by atoms with E-state index < -0.39 is 22.0 Å². The highest BCUT2D eigenvalue weighted by Gasteiger charge is 2.41. The lowest BCUT2D eigenvalue weighted by molar-refractivity contribution is -0.119. The zero-order valence-electron chi connectivity index (χ0n) is 13.5. The molecule has 2 aromatic rings. The second-order valence-corrected chi connectivity index (χ2v) is 7.57. The summed E-state index contributed by atoms with van der Waals surface area (Å²) in [4.78, 5) is 22.9. The molecule has 1 heterocycles. The molecule has 3 N–H and O–H groups in total. The van der Waals surface area contributed by atoms with Crippen molar-refractivity contribution >= 4 is 33.2 Å². The molecule has 0 radical (unpaired) electrons. The Morgan fingerprint density at radius 3 is 2.36 bits per heavy atom. The van der Waals surface area contributed by atoms with Gasteiger partial charge in [-0.05, 0) is 35.9 Å². The predicted octanol–water partition coefficient (Wildman–Crippen LogP) is 1.25. The van der Waals surface area contributed by atoms with E-state index in [0.29, 0.717) is 11.4 Å². The molecular weight excluding hydrogens is 342 g/mol. The summed E-state index contributed by atoms with van der Waals surface area (Å²) in [6.45, 7) is 1.36. The van der Waals surface area contributed by atoms with Crippen LogP contribution in [0.3, 0.4) is 0 Å². The Morgan fingerprint density at radius 2 is 1.76 bits per heavy atom. The second-order valence-electron chi connectivity index (χ2n) is 5.76. The normalized spacial score (nSPS) is 16.4. The first kappa shape index (κ1) is 17.0. The Morgan fingerprint density at radius 1 is 1.12 bits per heavy atom. The van der Waals surface area contributed by atoms with Crippen molar-refractivity contribution in [3.63, 3.8) is 0 Å². The van der Waals surface area contributed by atoms with Crippen LogP contribution in [0.5, 0.6) is 0 Å². The number of fused-ring (bicyclic) bond motifs is 1. The Hall–Kier alpha value is -2.87. The van der Waals surface area contributed by atoms with Gasteiger partial charge >= 0.3 is 0 Å². The molecule has 2 amide bonds.